The molecule has 29 heavy (non-hydrogen) atoms. The van der Waals surface area contributed by atoms with Gasteiger partial charge in [-0.05, 0) is 17.7 Å². The van der Waals surface area contributed by atoms with Crippen LogP contribution in [0.3, 0.4) is 0 Å². The molecular weight excluding hydrogens is 394 g/mol. The Morgan fingerprint density at radius 3 is 2.14 bits per heavy atom. The molecule has 0 aliphatic carbocycles. The highest BCUT2D eigenvalue weighted by atomic mass is 35.5. The number of halogens is 1. The maximum atomic E-state index is 12.9. The SMILES string of the molecule is COc1ccc(C(=O)N2CCN(C(=O)C(N)c3ccccc3)CC2)c(OC)c1.Cl. The Kier molecular flexibility index (Phi) is 7.87. The van der Waals surface area contributed by atoms with Gasteiger partial charge in [0.05, 0.1) is 19.8 Å². The van der Waals surface area contributed by atoms with Crippen LogP contribution in [-0.2, 0) is 4.79 Å². The largest absolute Gasteiger partial charge is 0.497 e. The normalized spacial score (nSPS) is 14.6. The summed E-state index contributed by atoms with van der Waals surface area (Å²) >= 11 is 0. The minimum absolute atomic E-state index is 0. The predicted octanol–water partition coefficient (Wildman–Crippen LogP) is 2.11. The van der Waals surface area contributed by atoms with E-state index in [9.17, 15) is 9.59 Å². The van der Waals surface area contributed by atoms with Crippen LogP contribution < -0.4 is 15.2 Å². The summed E-state index contributed by atoms with van der Waals surface area (Å²) in [6.07, 6.45) is 0. The molecule has 1 saturated heterocycles. The molecule has 2 aromatic carbocycles. The van der Waals surface area contributed by atoms with E-state index in [2.05, 4.69) is 0 Å². The fourth-order valence-electron chi connectivity index (χ4n) is 3.28. The number of rotatable bonds is 5. The van der Waals surface area contributed by atoms with Crippen molar-refractivity contribution >= 4 is 24.2 Å². The summed E-state index contributed by atoms with van der Waals surface area (Å²) in [5, 5.41) is 0. The van der Waals surface area contributed by atoms with Crippen molar-refractivity contribution in [2.75, 3.05) is 40.4 Å². The van der Waals surface area contributed by atoms with Crippen molar-refractivity contribution in [2.24, 2.45) is 5.73 Å². The van der Waals surface area contributed by atoms with E-state index in [0.29, 0.717) is 43.2 Å². The van der Waals surface area contributed by atoms with E-state index in [-0.39, 0.29) is 24.2 Å². The van der Waals surface area contributed by atoms with E-state index < -0.39 is 6.04 Å². The van der Waals surface area contributed by atoms with E-state index in [0.717, 1.165) is 5.56 Å². The number of methoxy groups -OCH3 is 2. The topological polar surface area (TPSA) is 85.1 Å². The lowest BCUT2D eigenvalue weighted by molar-refractivity contribution is -0.134. The summed E-state index contributed by atoms with van der Waals surface area (Å²) in [6.45, 7) is 1.79. The number of carbonyl (C=O) groups is 2. The van der Waals surface area contributed by atoms with Gasteiger partial charge in [-0.25, -0.2) is 0 Å². The van der Waals surface area contributed by atoms with E-state index in [1.165, 1.54) is 7.11 Å². The second kappa shape index (κ2) is 10.1. The summed E-state index contributed by atoms with van der Waals surface area (Å²) in [5.74, 6) is 0.840. The van der Waals surface area contributed by atoms with Gasteiger partial charge in [-0.1, -0.05) is 30.3 Å². The number of benzene rings is 2. The number of carbonyl (C=O) groups excluding carboxylic acids is 2. The van der Waals surface area contributed by atoms with Gasteiger partial charge in [0.15, 0.2) is 0 Å². The number of nitrogens with two attached hydrogens (primary N) is 1. The van der Waals surface area contributed by atoms with Crippen LogP contribution in [0.1, 0.15) is 22.0 Å². The molecule has 0 saturated carbocycles. The molecule has 2 N–H and O–H groups in total. The zero-order valence-corrected chi connectivity index (χ0v) is 17.4. The van der Waals surface area contributed by atoms with Crippen LogP contribution in [0.4, 0.5) is 0 Å². The van der Waals surface area contributed by atoms with Crippen LogP contribution in [0.25, 0.3) is 0 Å². The van der Waals surface area contributed by atoms with Crippen LogP contribution in [0.5, 0.6) is 11.5 Å². The van der Waals surface area contributed by atoms with E-state index >= 15 is 0 Å². The predicted molar refractivity (Wildman–Crippen MR) is 113 cm³/mol. The van der Waals surface area contributed by atoms with Gasteiger partial charge in [0.25, 0.3) is 5.91 Å². The van der Waals surface area contributed by atoms with Gasteiger partial charge in [-0.2, -0.15) is 0 Å². The Bertz CT molecular complexity index is 839. The molecule has 156 valence electrons. The second-order valence-corrected chi connectivity index (χ2v) is 6.57. The molecule has 0 spiro atoms. The third kappa shape index (κ3) is 4.99. The van der Waals surface area contributed by atoms with Crippen molar-refractivity contribution in [3.63, 3.8) is 0 Å². The smallest absolute Gasteiger partial charge is 0.257 e. The van der Waals surface area contributed by atoms with Gasteiger partial charge < -0.3 is 25.0 Å². The average molecular weight is 420 g/mol. The molecule has 1 heterocycles. The molecule has 0 radical (unpaired) electrons. The zero-order valence-electron chi connectivity index (χ0n) is 16.5. The van der Waals surface area contributed by atoms with Crippen molar-refractivity contribution < 1.29 is 19.1 Å². The van der Waals surface area contributed by atoms with E-state index in [1.807, 2.05) is 30.3 Å². The summed E-state index contributed by atoms with van der Waals surface area (Å²) in [6, 6.07) is 13.7. The molecule has 3 rings (SSSR count). The number of piperazine rings is 1. The molecule has 1 atom stereocenters. The monoisotopic (exact) mass is 419 g/mol. The highest BCUT2D eigenvalue weighted by Gasteiger charge is 2.29. The lowest BCUT2D eigenvalue weighted by atomic mass is 10.1. The van der Waals surface area contributed by atoms with Crippen molar-refractivity contribution in [3.05, 3.63) is 59.7 Å². The second-order valence-electron chi connectivity index (χ2n) is 6.57. The van der Waals surface area contributed by atoms with Crippen LogP contribution >= 0.6 is 12.4 Å². The van der Waals surface area contributed by atoms with Crippen LogP contribution in [-0.4, -0.2) is 62.0 Å². The molecule has 2 amide bonds. The maximum absolute atomic E-state index is 12.9. The Morgan fingerprint density at radius 2 is 1.55 bits per heavy atom. The van der Waals surface area contributed by atoms with Gasteiger partial charge in [-0.15, -0.1) is 12.4 Å². The minimum atomic E-state index is -0.690. The quantitative estimate of drug-likeness (QED) is 0.802. The Hall–Kier alpha value is -2.77. The van der Waals surface area contributed by atoms with Crippen molar-refractivity contribution in [1.29, 1.82) is 0 Å². The first-order valence-corrected chi connectivity index (χ1v) is 9.15. The number of nitrogens with zero attached hydrogens (tertiary/aromatic N) is 2. The lowest BCUT2D eigenvalue weighted by Crippen LogP contribution is -2.52. The Morgan fingerprint density at radius 1 is 0.931 bits per heavy atom. The van der Waals surface area contributed by atoms with Crippen LogP contribution in [0, 0.1) is 0 Å². The standard InChI is InChI=1S/C21H25N3O4.ClH/c1-27-16-8-9-17(18(14-16)28-2)20(25)23-10-12-24(13-11-23)21(26)19(22)15-6-4-3-5-7-15;/h3-9,14,19H,10-13,22H2,1-2H3;1H. The Labute approximate surface area is 176 Å². The molecule has 2 aromatic rings. The molecule has 0 aromatic heterocycles. The average Bonchev–Trinajstić information content (AvgIpc) is 2.77. The first kappa shape index (κ1) is 22.5. The third-order valence-electron chi connectivity index (χ3n) is 4.94. The summed E-state index contributed by atoms with van der Waals surface area (Å²) in [4.78, 5) is 29.0. The third-order valence-corrected chi connectivity index (χ3v) is 4.94. The fourth-order valence-corrected chi connectivity index (χ4v) is 3.28. The van der Waals surface area contributed by atoms with Crippen molar-refractivity contribution in [3.8, 4) is 11.5 Å². The maximum Gasteiger partial charge on any atom is 0.257 e. The van der Waals surface area contributed by atoms with Gasteiger partial charge >= 0.3 is 0 Å². The molecule has 1 fully saturated rings. The zero-order chi connectivity index (χ0) is 20.1. The number of hydrogen-bond acceptors (Lipinski definition) is 5. The number of ether oxygens (including phenoxy) is 2. The molecule has 0 bridgehead atoms. The Balaban J connectivity index is 0.00000300. The van der Waals surface area contributed by atoms with Crippen molar-refractivity contribution in [1.82, 2.24) is 9.80 Å². The van der Waals surface area contributed by atoms with Crippen molar-refractivity contribution in [2.45, 2.75) is 6.04 Å². The molecule has 8 heteroatoms. The number of hydrogen-bond donors (Lipinski definition) is 1. The fraction of sp³-hybridized carbons (Fsp3) is 0.333. The van der Waals surface area contributed by atoms with Gasteiger partial charge in [0, 0.05) is 32.2 Å². The molecule has 1 unspecified atom stereocenters. The van der Waals surface area contributed by atoms with E-state index in [1.54, 1.807) is 35.1 Å². The highest BCUT2D eigenvalue weighted by Crippen LogP contribution is 2.26. The lowest BCUT2D eigenvalue weighted by Gasteiger charge is -2.36. The van der Waals surface area contributed by atoms with Crippen LogP contribution in [0.15, 0.2) is 48.5 Å². The van der Waals surface area contributed by atoms with Gasteiger partial charge in [0.2, 0.25) is 5.91 Å². The first-order valence-electron chi connectivity index (χ1n) is 9.15. The summed E-state index contributed by atoms with van der Waals surface area (Å²) in [7, 11) is 3.08. The molecule has 1 aliphatic heterocycles. The summed E-state index contributed by atoms with van der Waals surface area (Å²) < 4.78 is 10.5. The van der Waals surface area contributed by atoms with Gasteiger partial charge in [-0.3, -0.25) is 9.59 Å². The highest BCUT2D eigenvalue weighted by molar-refractivity contribution is 5.97. The molecule has 1 aliphatic rings. The van der Waals surface area contributed by atoms with Gasteiger partial charge in [0.1, 0.15) is 17.5 Å². The van der Waals surface area contributed by atoms with E-state index in [4.69, 9.17) is 15.2 Å². The number of amides is 2. The molecular formula is C21H26ClN3O4. The summed E-state index contributed by atoms with van der Waals surface area (Å²) in [5.41, 5.74) is 7.38. The van der Waals surface area contributed by atoms with Crippen LogP contribution in [0.2, 0.25) is 0 Å². The first-order chi connectivity index (χ1) is 13.5. The molecule has 7 nitrogen and oxygen atoms in total. The minimum Gasteiger partial charge on any atom is -0.497 e.